The summed E-state index contributed by atoms with van der Waals surface area (Å²) in [6, 6.07) is 31.5. The van der Waals surface area contributed by atoms with E-state index in [0.29, 0.717) is 11.5 Å². The van der Waals surface area contributed by atoms with Gasteiger partial charge in [-0.3, -0.25) is 19.2 Å². The summed E-state index contributed by atoms with van der Waals surface area (Å²) in [5.41, 5.74) is 5.53. The molecule has 0 radical (unpaired) electrons. The Labute approximate surface area is 399 Å². The maximum absolute atomic E-state index is 13.2. The quantitative estimate of drug-likeness (QED) is 0.0292. The molecular formula is C54H56O15. The van der Waals surface area contributed by atoms with Crippen molar-refractivity contribution in [3.63, 3.8) is 0 Å². The number of aliphatic carboxylic acids is 1. The SMILES string of the molecule is C=C(C)C(=O)OCC(O)COC(=O)C1CC=CCC1C(=O)OCC(O)COc1ccc(C2(c3ccc(OCC(O)COC(=O)C4CC=CCC4C(=O)O)cc3)c3ccccc3-c3ccccc32)cc1. The third kappa shape index (κ3) is 11.6. The lowest BCUT2D eigenvalue weighted by atomic mass is 9.68. The number of carbonyl (C=O) groups excluding carboxylic acids is 4. The van der Waals surface area contributed by atoms with Gasteiger partial charge in [-0.05, 0) is 90.3 Å². The zero-order valence-corrected chi connectivity index (χ0v) is 38.1. The smallest absolute Gasteiger partial charge is 0.333 e. The number of carboxylic acids is 1. The number of allylic oxidation sites excluding steroid dienone is 4. The second-order valence-electron chi connectivity index (χ2n) is 17.4. The molecule has 0 spiro atoms. The minimum absolute atomic E-state index is 0.159. The number of fused-ring (bicyclic) bond motifs is 3. The van der Waals surface area contributed by atoms with E-state index >= 15 is 0 Å². The molecule has 0 saturated heterocycles. The van der Waals surface area contributed by atoms with Crippen molar-refractivity contribution >= 4 is 29.8 Å². The molecule has 0 fully saturated rings. The van der Waals surface area contributed by atoms with Crippen LogP contribution in [0.25, 0.3) is 11.1 Å². The molecule has 362 valence electrons. The number of ether oxygens (including phenoxy) is 6. The van der Waals surface area contributed by atoms with Crippen LogP contribution in [0.3, 0.4) is 0 Å². The average Bonchev–Trinajstić information content (AvgIpc) is 3.67. The highest BCUT2D eigenvalue weighted by Gasteiger charge is 2.46. The van der Waals surface area contributed by atoms with Gasteiger partial charge in [-0.2, -0.15) is 0 Å². The number of carboxylic acid groups (broad SMARTS) is 1. The molecule has 3 aliphatic rings. The molecule has 15 nitrogen and oxygen atoms in total. The number of aliphatic hydroxyl groups excluding tert-OH is 3. The fourth-order valence-corrected chi connectivity index (χ4v) is 8.99. The van der Waals surface area contributed by atoms with Gasteiger partial charge in [0.25, 0.3) is 0 Å². The van der Waals surface area contributed by atoms with Crippen LogP contribution in [-0.2, 0) is 48.3 Å². The number of carbonyl (C=O) groups is 5. The van der Waals surface area contributed by atoms with Crippen LogP contribution in [0.1, 0.15) is 54.9 Å². The maximum Gasteiger partial charge on any atom is 0.333 e. The van der Waals surface area contributed by atoms with Crippen molar-refractivity contribution < 1.29 is 72.8 Å². The zero-order valence-electron chi connectivity index (χ0n) is 38.1. The van der Waals surface area contributed by atoms with E-state index in [4.69, 9.17) is 28.4 Å². The molecule has 7 atom stereocenters. The standard InChI is InChI=1S/C54H56O15/c1-33(2)50(60)66-29-38(57)32-69-53(63)46-16-6-5-15-45(46)52(62)68-31-37(56)28-65-40-25-21-35(22-26-40)54(47-17-9-7-11-41(47)42-12-8-10-18-48(42)54)34-19-23-39(24-20-34)64-27-36(55)30-67-51(61)44-14-4-3-13-43(44)49(58)59/h3-12,17-26,36-38,43-46,55-57H,1,13-16,27-32H2,2H3,(H,58,59). The van der Waals surface area contributed by atoms with E-state index in [9.17, 15) is 44.4 Å². The van der Waals surface area contributed by atoms with Crippen molar-refractivity contribution in [3.05, 3.63) is 156 Å². The zero-order chi connectivity index (χ0) is 49.1. The van der Waals surface area contributed by atoms with Gasteiger partial charge in [-0.1, -0.05) is 104 Å². The first-order chi connectivity index (χ1) is 33.3. The second-order valence-corrected chi connectivity index (χ2v) is 17.4. The molecule has 7 rings (SSSR count). The van der Waals surface area contributed by atoms with Crippen LogP contribution >= 0.6 is 0 Å². The fraction of sp³-hybridized carbons (Fsp3) is 0.352. The Morgan fingerprint density at radius 3 is 1.26 bits per heavy atom. The van der Waals surface area contributed by atoms with Gasteiger partial charge < -0.3 is 48.8 Å². The average molecular weight is 945 g/mol. The summed E-state index contributed by atoms with van der Waals surface area (Å²) in [7, 11) is 0. The maximum atomic E-state index is 13.2. The van der Waals surface area contributed by atoms with Gasteiger partial charge in [0.2, 0.25) is 0 Å². The van der Waals surface area contributed by atoms with Gasteiger partial charge in [0.05, 0.1) is 29.1 Å². The van der Waals surface area contributed by atoms with E-state index in [1.54, 1.807) is 24.3 Å². The lowest BCUT2D eigenvalue weighted by molar-refractivity contribution is -0.165. The van der Waals surface area contributed by atoms with Gasteiger partial charge in [0.15, 0.2) is 0 Å². The van der Waals surface area contributed by atoms with Gasteiger partial charge in [-0.15, -0.1) is 0 Å². The number of aliphatic hydroxyl groups is 3. The van der Waals surface area contributed by atoms with Crippen LogP contribution in [-0.4, -0.2) is 108 Å². The van der Waals surface area contributed by atoms with E-state index < -0.39 is 90.5 Å². The molecule has 0 amide bonds. The van der Waals surface area contributed by atoms with Crippen molar-refractivity contribution in [3.8, 4) is 22.6 Å². The largest absolute Gasteiger partial charge is 0.491 e. The molecule has 4 N–H and O–H groups in total. The Bertz CT molecular complexity index is 2500. The predicted molar refractivity (Wildman–Crippen MR) is 250 cm³/mol. The monoisotopic (exact) mass is 944 g/mol. The van der Waals surface area contributed by atoms with E-state index in [1.165, 1.54) is 6.92 Å². The summed E-state index contributed by atoms with van der Waals surface area (Å²) < 4.78 is 32.8. The van der Waals surface area contributed by atoms with Crippen molar-refractivity contribution in [1.29, 1.82) is 0 Å². The van der Waals surface area contributed by atoms with Gasteiger partial charge in [0.1, 0.15) is 69.5 Å². The molecule has 15 heteroatoms. The number of benzene rings is 4. The first-order valence-corrected chi connectivity index (χ1v) is 22.8. The Balaban J connectivity index is 0.969. The van der Waals surface area contributed by atoms with Crippen LogP contribution in [0.2, 0.25) is 0 Å². The molecule has 0 aromatic heterocycles. The molecular weight excluding hydrogens is 889 g/mol. The van der Waals surface area contributed by atoms with Crippen molar-refractivity contribution in [2.24, 2.45) is 23.7 Å². The normalized spacial score (nSPS) is 19.9. The van der Waals surface area contributed by atoms with Crippen LogP contribution in [0.4, 0.5) is 0 Å². The molecule has 0 heterocycles. The third-order valence-corrected chi connectivity index (χ3v) is 12.5. The molecule has 69 heavy (non-hydrogen) atoms. The summed E-state index contributed by atoms with van der Waals surface area (Å²) >= 11 is 0. The van der Waals surface area contributed by atoms with Gasteiger partial charge in [-0.25, -0.2) is 4.79 Å². The van der Waals surface area contributed by atoms with E-state index in [1.807, 2.05) is 72.8 Å². The van der Waals surface area contributed by atoms with E-state index in [0.717, 1.165) is 33.4 Å². The highest BCUT2D eigenvalue weighted by atomic mass is 16.6. The topological polar surface area (TPSA) is 222 Å². The summed E-state index contributed by atoms with van der Waals surface area (Å²) in [6.07, 6.45) is 4.33. The Morgan fingerprint density at radius 1 is 0.522 bits per heavy atom. The summed E-state index contributed by atoms with van der Waals surface area (Å²) in [4.78, 5) is 62.0. The summed E-state index contributed by atoms with van der Waals surface area (Å²) in [5, 5.41) is 41.1. The number of hydrogen-bond donors (Lipinski definition) is 4. The predicted octanol–water partition coefficient (Wildman–Crippen LogP) is 5.89. The fourth-order valence-electron chi connectivity index (χ4n) is 8.99. The lowest BCUT2D eigenvalue weighted by Gasteiger charge is -2.34. The Morgan fingerprint density at radius 2 is 0.870 bits per heavy atom. The van der Waals surface area contributed by atoms with Crippen LogP contribution in [0.5, 0.6) is 11.5 Å². The number of rotatable bonds is 21. The van der Waals surface area contributed by atoms with Crippen molar-refractivity contribution in [1.82, 2.24) is 0 Å². The Hall–Kier alpha value is -7.07. The van der Waals surface area contributed by atoms with Crippen molar-refractivity contribution in [2.45, 2.75) is 56.3 Å². The number of esters is 4. The molecule has 0 aliphatic heterocycles. The minimum atomic E-state index is -1.27. The first-order valence-electron chi connectivity index (χ1n) is 22.8. The summed E-state index contributed by atoms with van der Waals surface area (Å²) in [5.74, 6) is -6.33. The van der Waals surface area contributed by atoms with Crippen molar-refractivity contribution in [2.75, 3.05) is 39.6 Å². The van der Waals surface area contributed by atoms with Crippen LogP contribution in [0, 0.1) is 23.7 Å². The van der Waals surface area contributed by atoms with Crippen LogP contribution < -0.4 is 9.47 Å². The lowest BCUT2D eigenvalue weighted by Crippen LogP contribution is -2.36. The van der Waals surface area contributed by atoms with E-state index in [-0.39, 0.29) is 57.7 Å². The van der Waals surface area contributed by atoms with Crippen LogP contribution in [0.15, 0.2) is 134 Å². The van der Waals surface area contributed by atoms with Gasteiger partial charge >= 0.3 is 29.8 Å². The molecule has 4 aromatic rings. The summed E-state index contributed by atoms with van der Waals surface area (Å²) in [6.45, 7) is 2.99. The molecule has 3 aliphatic carbocycles. The highest BCUT2D eigenvalue weighted by molar-refractivity contribution is 5.87. The minimum Gasteiger partial charge on any atom is -0.491 e. The number of hydrogen-bond acceptors (Lipinski definition) is 14. The molecule has 4 aromatic carbocycles. The Kier molecular flexibility index (Phi) is 16.5. The third-order valence-electron chi connectivity index (χ3n) is 12.5. The highest BCUT2D eigenvalue weighted by Crippen LogP contribution is 2.56. The molecule has 0 saturated carbocycles. The second kappa shape index (κ2) is 22.8. The molecule has 0 bridgehead atoms. The van der Waals surface area contributed by atoms with E-state index in [2.05, 4.69) is 30.8 Å². The first kappa shape index (κ1) is 49.8. The van der Waals surface area contributed by atoms with Gasteiger partial charge in [0, 0.05) is 5.57 Å². The molecule has 7 unspecified atom stereocenters.